The van der Waals surface area contributed by atoms with Gasteiger partial charge in [-0.25, -0.2) is 0 Å². The van der Waals surface area contributed by atoms with Crippen molar-refractivity contribution in [3.63, 3.8) is 0 Å². The van der Waals surface area contributed by atoms with Gasteiger partial charge in [-0.05, 0) is 29.8 Å². The Morgan fingerprint density at radius 1 is 0.810 bits per heavy atom. The molecule has 0 atom stereocenters. The van der Waals surface area contributed by atoms with E-state index in [9.17, 15) is 5.11 Å². The molecule has 0 unspecified atom stereocenters. The first-order valence-corrected chi connectivity index (χ1v) is 6.59. The Balaban J connectivity index is 2.06. The Labute approximate surface area is 120 Å². The van der Waals surface area contributed by atoms with E-state index in [1.165, 1.54) is 12.1 Å². The third-order valence-electron chi connectivity index (χ3n) is 3.48. The fourth-order valence-corrected chi connectivity index (χ4v) is 2.55. The second kappa shape index (κ2) is 4.28. The van der Waals surface area contributed by atoms with Crippen molar-refractivity contribution in [2.75, 3.05) is 0 Å². The molecule has 4 rings (SSSR count). The van der Waals surface area contributed by atoms with E-state index >= 15 is 0 Å². The average Bonchev–Trinajstić information content (AvgIpc) is 2.47. The van der Waals surface area contributed by atoms with Crippen molar-refractivity contribution in [2.45, 2.75) is 0 Å². The van der Waals surface area contributed by atoms with Crippen LogP contribution in [0, 0.1) is 0 Å². The highest BCUT2D eigenvalue weighted by atomic mass is 16.3. The maximum Gasteiger partial charge on any atom is 0.139 e. The van der Waals surface area contributed by atoms with Gasteiger partial charge in [-0.1, -0.05) is 36.9 Å². The lowest BCUT2D eigenvalue weighted by Gasteiger charge is -2.13. The van der Waals surface area contributed by atoms with Gasteiger partial charge in [-0.15, -0.1) is 5.75 Å². The third kappa shape index (κ3) is 1.91. The third-order valence-corrected chi connectivity index (χ3v) is 3.48. The largest absolute Gasteiger partial charge is 0.872 e. The van der Waals surface area contributed by atoms with Crippen LogP contribution in [0.15, 0.2) is 63.4 Å². The lowest BCUT2D eigenvalue weighted by molar-refractivity contribution is -0.268. The van der Waals surface area contributed by atoms with Gasteiger partial charge in [0.15, 0.2) is 0 Å². The summed E-state index contributed by atoms with van der Waals surface area (Å²) in [5, 5.41) is 11.2. The quantitative estimate of drug-likeness (QED) is 0.533. The molecule has 0 spiro atoms. The molecule has 2 heterocycles. The van der Waals surface area contributed by atoms with Crippen LogP contribution in [0.2, 0.25) is 0 Å². The number of hydrogen-bond acceptors (Lipinski definition) is 3. The van der Waals surface area contributed by atoms with Crippen LogP contribution >= 0.6 is 0 Å². The molecule has 0 saturated heterocycles. The number of rotatable bonds is 1. The van der Waals surface area contributed by atoms with Gasteiger partial charge in [0.1, 0.15) is 22.3 Å². The van der Waals surface area contributed by atoms with Crippen molar-refractivity contribution < 1.29 is 13.9 Å². The second-order valence-corrected chi connectivity index (χ2v) is 4.93. The Morgan fingerprint density at radius 2 is 1.52 bits per heavy atom. The maximum atomic E-state index is 11.2. The molecule has 21 heavy (non-hydrogen) atoms. The Morgan fingerprint density at radius 3 is 2.29 bits per heavy atom. The standard InChI is InChI=1S/C18H12O3/c1-11-9-13-10-17(12-5-7-14(19)8-6-12)21-16-4-2-3-15(20-11)18(13)16/h2-10,19H,1H2/p-1. The fraction of sp³-hybridized carbons (Fsp3) is 0. The Hall–Kier alpha value is -2.94. The van der Waals surface area contributed by atoms with E-state index in [-0.39, 0.29) is 5.75 Å². The predicted molar refractivity (Wildman–Crippen MR) is 79.5 cm³/mol. The number of benzene rings is 2. The van der Waals surface area contributed by atoms with Crippen LogP contribution in [0.4, 0.5) is 0 Å². The summed E-state index contributed by atoms with van der Waals surface area (Å²) >= 11 is 0. The topological polar surface area (TPSA) is 49.3 Å². The van der Waals surface area contributed by atoms with E-state index in [0.717, 1.165) is 27.9 Å². The predicted octanol–water partition coefficient (Wildman–Crippen LogP) is 3.56. The summed E-state index contributed by atoms with van der Waals surface area (Å²) in [6.07, 6.45) is 0. The van der Waals surface area contributed by atoms with Gasteiger partial charge in [0, 0.05) is 5.56 Å². The summed E-state index contributed by atoms with van der Waals surface area (Å²) in [4.78, 5) is 0. The van der Waals surface area contributed by atoms with Crippen molar-refractivity contribution in [3.05, 3.63) is 60.0 Å². The van der Waals surface area contributed by atoms with Crippen LogP contribution < -0.4 is 10.5 Å². The van der Waals surface area contributed by atoms with E-state index in [0.29, 0.717) is 11.2 Å². The molecule has 2 aliphatic rings. The van der Waals surface area contributed by atoms with E-state index in [1.807, 2.05) is 30.3 Å². The minimum atomic E-state index is -0.0171. The monoisotopic (exact) mass is 275 g/mol. The van der Waals surface area contributed by atoms with Gasteiger partial charge in [0.2, 0.25) is 0 Å². The first kappa shape index (κ1) is 11.9. The highest BCUT2D eigenvalue weighted by molar-refractivity contribution is 5.92. The molecule has 2 aliphatic heterocycles. The summed E-state index contributed by atoms with van der Waals surface area (Å²) in [5.74, 6) is 0.692. The molecule has 102 valence electrons. The van der Waals surface area contributed by atoms with Gasteiger partial charge in [0.05, 0.1) is 5.56 Å². The molecule has 0 radical (unpaired) electrons. The molecule has 3 heteroatoms. The summed E-state index contributed by atoms with van der Waals surface area (Å²) in [5.41, 5.74) is 4.90. The van der Waals surface area contributed by atoms with Crippen molar-refractivity contribution in [1.29, 1.82) is 0 Å². The molecule has 0 fully saturated rings. The van der Waals surface area contributed by atoms with Crippen LogP contribution in [0.3, 0.4) is 0 Å². The van der Waals surface area contributed by atoms with Gasteiger partial charge in [-0.2, -0.15) is 0 Å². The molecule has 0 aromatic heterocycles. The van der Waals surface area contributed by atoms with Crippen LogP contribution in [0.1, 0.15) is 0 Å². The first-order valence-electron chi connectivity index (χ1n) is 6.59. The normalized spacial score (nSPS) is 11.2. The van der Waals surface area contributed by atoms with Crippen LogP contribution in [-0.2, 0) is 0 Å². The van der Waals surface area contributed by atoms with Crippen LogP contribution in [-0.4, -0.2) is 0 Å². The van der Waals surface area contributed by atoms with Gasteiger partial charge < -0.3 is 13.9 Å². The van der Waals surface area contributed by atoms with Gasteiger partial charge in [0.25, 0.3) is 0 Å². The van der Waals surface area contributed by atoms with Crippen LogP contribution in [0.5, 0.6) is 5.75 Å². The van der Waals surface area contributed by atoms with Crippen molar-refractivity contribution in [3.8, 4) is 28.2 Å². The maximum absolute atomic E-state index is 11.2. The smallest absolute Gasteiger partial charge is 0.139 e. The second-order valence-electron chi connectivity index (χ2n) is 4.93. The number of hydrogen-bond donors (Lipinski definition) is 0. The highest BCUT2D eigenvalue weighted by Crippen LogP contribution is 2.36. The molecule has 0 bridgehead atoms. The van der Waals surface area contributed by atoms with Crippen molar-refractivity contribution >= 4 is 17.7 Å². The Kier molecular flexibility index (Phi) is 2.42. The lowest BCUT2D eigenvalue weighted by Crippen LogP contribution is -2.00. The fourth-order valence-electron chi connectivity index (χ4n) is 2.55. The molecular weight excluding hydrogens is 264 g/mol. The molecule has 2 aromatic rings. The van der Waals surface area contributed by atoms with Gasteiger partial charge in [-0.3, -0.25) is 0 Å². The minimum absolute atomic E-state index is 0.0171. The van der Waals surface area contributed by atoms with Crippen molar-refractivity contribution in [2.24, 2.45) is 0 Å². The summed E-state index contributed by atoms with van der Waals surface area (Å²) in [6, 6.07) is 16.1. The SMILES string of the molecule is C=c1cc2cc(-c3ccc([O-])cc3)oc3cccc(o1)c3-2. The molecular formula is C18H11O3-. The highest BCUT2D eigenvalue weighted by Gasteiger charge is 2.15. The first-order chi connectivity index (χ1) is 10.2. The lowest BCUT2D eigenvalue weighted by atomic mass is 10.0. The van der Waals surface area contributed by atoms with Gasteiger partial charge >= 0.3 is 0 Å². The van der Waals surface area contributed by atoms with Crippen molar-refractivity contribution in [1.82, 2.24) is 0 Å². The van der Waals surface area contributed by atoms with E-state index in [1.54, 1.807) is 12.1 Å². The summed E-state index contributed by atoms with van der Waals surface area (Å²) in [7, 11) is 0. The zero-order valence-electron chi connectivity index (χ0n) is 11.1. The van der Waals surface area contributed by atoms with E-state index in [2.05, 4.69) is 6.58 Å². The molecule has 0 saturated carbocycles. The van der Waals surface area contributed by atoms with E-state index < -0.39 is 0 Å². The molecule has 0 aliphatic carbocycles. The van der Waals surface area contributed by atoms with E-state index in [4.69, 9.17) is 8.83 Å². The average molecular weight is 275 g/mol. The summed E-state index contributed by atoms with van der Waals surface area (Å²) < 4.78 is 11.6. The summed E-state index contributed by atoms with van der Waals surface area (Å²) in [6.45, 7) is 3.86. The zero-order chi connectivity index (χ0) is 14.4. The molecule has 0 N–H and O–H groups in total. The van der Waals surface area contributed by atoms with Crippen LogP contribution in [0.25, 0.3) is 40.2 Å². The molecule has 2 aromatic carbocycles. The molecule has 0 amide bonds. The molecule has 3 nitrogen and oxygen atoms in total. The minimum Gasteiger partial charge on any atom is -0.872 e. The zero-order valence-corrected chi connectivity index (χ0v) is 11.1. The Bertz CT molecular complexity index is 958.